The topological polar surface area (TPSA) is 52.0 Å². The Bertz CT molecular complexity index is 236. The molecule has 0 amide bonds. The van der Waals surface area contributed by atoms with Gasteiger partial charge in [-0.05, 0) is 24.1 Å². The van der Waals surface area contributed by atoms with Crippen LogP contribution in [-0.4, -0.2) is 0 Å². The van der Waals surface area contributed by atoms with Gasteiger partial charge in [0, 0.05) is 11.7 Å². The van der Waals surface area contributed by atoms with E-state index in [2.05, 4.69) is 6.92 Å². The molecule has 0 aliphatic heterocycles. The Hall–Kier alpha value is -0.440. The molecule has 0 fully saturated rings. The Kier molecular flexibility index (Phi) is 9.05. The molecule has 4 heteroatoms. The van der Waals surface area contributed by atoms with Crippen LogP contribution in [0.5, 0.6) is 0 Å². The highest BCUT2D eigenvalue weighted by atomic mass is 35.5. The average Bonchev–Trinajstić information content (AvgIpc) is 2.06. The summed E-state index contributed by atoms with van der Waals surface area (Å²) in [4.78, 5) is 0. The van der Waals surface area contributed by atoms with Crippen LogP contribution in [0.4, 0.5) is 5.69 Å². The van der Waals surface area contributed by atoms with E-state index in [-0.39, 0.29) is 30.9 Å². The van der Waals surface area contributed by atoms with Gasteiger partial charge in [0.1, 0.15) is 0 Å². The summed E-state index contributed by atoms with van der Waals surface area (Å²) < 4.78 is 0. The van der Waals surface area contributed by atoms with Gasteiger partial charge in [-0.2, -0.15) is 0 Å². The van der Waals surface area contributed by atoms with Gasteiger partial charge in [-0.3, -0.25) is 0 Å². The van der Waals surface area contributed by atoms with Crippen LogP contribution in [0.15, 0.2) is 24.3 Å². The highest BCUT2D eigenvalue weighted by molar-refractivity contribution is 5.85. The van der Waals surface area contributed by atoms with Crippen molar-refractivity contribution in [3.63, 3.8) is 0 Å². The van der Waals surface area contributed by atoms with Gasteiger partial charge in [-0.1, -0.05) is 25.5 Å². The van der Waals surface area contributed by atoms with Crippen molar-refractivity contribution in [1.82, 2.24) is 0 Å². The van der Waals surface area contributed by atoms with Crippen LogP contribution in [-0.2, 0) is 0 Å². The monoisotopic (exact) mass is 236 g/mol. The second-order valence-electron chi connectivity index (χ2n) is 3.06. The molecule has 14 heavy (non-hydrogen) atoms. The van der Waals surface area contributed by atoms with Crippen molar-refractivity contribution in [2.45, 2.75) is 25.8 Å². The smallest absolute Gasteiger partial charge is 0.0314 e. The summed E-state index contributed by atoms with van der Waals surface area (Å²) in [7, 11) is 0. The molecule has 0 saturated heterocycles. The van der Waals surface area contributed by atoms with Crippen LogP contribution in [0.3, 0.4) is 0 Å². The fourth-order valence-electron chi connectivity index (χ4n) is 1.22. The Morgan fingerprint density at radius 3 is 2.07 bits per heavy atom. The van der Waals surface area contributed by atoms with Gasteiger partial charge in [0.05, 0.1) is 0 Å². The maximum absolute atomic E-state index is 5.91. The Balaban J connectivity index is 0. The van der Waals surface area contributed by atoms with Crippen molar-refractivity contribution in [1.29, 1.82) is 0 Å². The van der Waals surface area contributed by atoms with Gasteiger partial charge in [-0.15, -0.1) is 24.8 Å². The van der Waals surface area contributed by atoms with Crippen LogP contribution in [0.2, 0.25) is 0 Å². The maximum Gasteiger partial charge on any atom is 0.0314 e. The molecule has 0 aliphatic rings. The lowest BCUT2D eigenvalue weighted by molar-refractivity contribution is 0.638. The molecular weight excluding hydrogens is 219 g/mol. The lowest BCUT2D eigenvalue weighted by Crippen LogP contribution is -2.09. The minimum atomic E-state index is 0. The molecule has 0 saturated carbocycles. The summed E-state index contributed by atoms with van der Waals surface area (Å²) in [6.07, 6.45) is 2.15. The van der Waals surface area contributed by atoms with Gasteiger partial charge in [0.25, 0.3) is 0 Å². The molecule has 1 rings (SSSR count). The molecule has 1 aromatic carbocycles. The molecule has 0 unspecified atom stereocenters. The highest BCUT2D eigenvalue weighted by Gasteiger charge is 2.02. The lowest BCUT2D eigenvalue weighted by atomic mass is 10.0. The Labute approximate surface area is 97.9 Å². The zero-order chi connectivity index (χ0) is 8.97. The molecule has 0 radical (unpaired) electrons. The summed E-state index contributed by atoms with van der Waals surface area (Å²) in [6.45, 7) is 2.14. The number of benzene rings is 1. The van der Waals surface area contributed by atoms with E-state index in [0.717, 1.165) is 18.5 Å². The van der Waals surface area contributed by atoms with Gasteiger partial charge in [-0.25, -0.2) is 0 Å². The van der Waals surface area contributed by atoms with E-state index >= 15 is 0 Å². The summed E-state index contributed by atoms with van der Waals surface area (Å²) in [5.74, 6) is 0. The van der Waals surface area contributed by atoms with Crippen molar-refractivity contribution in [3.05, 3.63) is 29.8 Å². The minimum Gasteiger partial charge on any atom is -0.399 e. The van der Waals surface area contributed by atoms with Crippen LogP contribution in [0.25, 0.3) is 0 Å². The van der Waals surface area contributed by atoms with E-state index < -0.39 is 0 Å². The predicted molar refractivity (Wildman–Crippen MR) is 67.2 cm³/mol. The summed E-state index contributed by atoms with van der Waals surface area (Å²) >= 11 is 0. The fraction of sp³-hybridized carbons (Fsp3) is 0.400. The molecule has 0 aromatic heterocycles. The first-order valence-electron chi connectivity index (χ1n) is 4.35. The van der Waals surface area contributed by atoms with Crippen LogP contribution in [0.1, 0.15) is 31.4 Å². The third kappa shape index (κ3) is 4.70. The molecule has 4 N–H and O–H groups in total. The average molecular weight is 237 g/mol. The number of hydrogen-bond donors (Lipinski definition) is 2. The normalized spacial score (nSPS) is 11.0. The summed E-state index contributed by atoms with van der Waals surface area (Å²) in [5, 5.41) is 0. The third-order valence-corrected chi connectivity index (χ3v) is 1.96. The molecule has 0 aliphatic carbocycles. The van der Waals surface area contributed by atoms with E-state index in [4.69, 9.17) is 11.5 Å². The first kappa shape index (κ1) is 16.0. The van der Waals surface area contributed by atoms with E-state index in [1.807, 2.05) is 24.3 Å². The first-order valence-corrected chi connectivity index (χ1v) is 4.35. The zero-order valence-electron chi connectivity index (χ0n) is 8.27. The third-order valence-electron chi connectivity index (χ3n) is 1.96. The molecule has 82 valence electrons. The van der Waals surface area contributed by atoms with E-state index in [0.29, 0.717) is 0 Å². The fourth-order valence-corrected chi connectivity index (χ4v) is 1.22. The van der Waals surface area contributed by atoms with Crippen molar-refractivity contribution >= 4 is 30.5 Å². The van der Waals surface area contributed by atoms with Gasteiger partial charge >= 0.3 is 0 Å². The minimum absolute atomic E-state index is 0. The first-order chi connectivity index (χ1) is 5.74. The number of anilines is 1. The van der Waals surface area contributed by atoms with Crippen LogP contribution >= 0.6 is 24.8 Å². The van der Waals surface area contributed by atoms with Crippen molar-refractivity contribution in [2.75, 3.05) is 5.73 Å². The molecule has 2 nitrogen and oxygen atoms in total. The molecule has 0 heterocycles. The molecular formula is C10H18Cl2N2. The zero-order valence-corrected chi connectivity index (χ0v) is 9.91. The SMILES string of the molecule is CCC[C@H](N)c1ccc(N)cc1.Cl.Cl. The molecule has 1 atom stereocenters. The lowest BCUT2D eigenvalue weighted by Gasteiger charge is -2.10. The second kappa shape index (κ2) is 7.92. The van der Waals surface area contributed by atoms with E-state index in [1.165, 1.54) is 5.56 Å². The van der Waals surface area contributed by atoms with Crippen molar-refractivity contribution < 1.29 is 0 Å². The molecule has 1 aromatic rings. The van der Waals surface area contributed by atoms with E-state index in [1.54, 1.807) is 0 Å². The largest absolute Gasteiger partial charge is 0.399 e. The molecule has 0 bridgehead atoms. The van der Waals surface area contributed by atoms with E-state index in [9.17, 15) is 0 Å². The summed E-state index contributed by atoms with van der Waals surface area (Å²) in [6, 6.07) is 7.94. The van der Waals surface area contributed by atoms with Gasteiger partial charge in [0.2, 0.25) is 0 Å². The predicted octanol–water partition coefficient (Wildman–Crippen LogP) is 2.91. The van der Waals surface area contributed by atoms with Crippen LogP contribution in [0, 0.1) is 0 Å². The quantitative estimate of drug-likeness (QED) is 0.794. The summed E-state index contributed by atoms with van der Waals surface area (Å²) in [5.41, 5.74) is 13.4. The Morgan fingerprint density at radius 2 is 1.64 bits per heavy atom. The van der Waals surface area contributed by atoms with Crippen molar-refractivity contribution in [3.8, 4) is 0 Å². The molecule has 0 spiro atoms. The number of halogens is 2. The van der Waals surface area contributed by atoms with Crippen LogP contribution < -0.4 is 11.5 Å². The van der Waals surface area contributed by atoms with Crippen molar-refractivity contribution in [2.24, 2.45) is 5.73 Å². The number of nitrogen functional groups attached to an aromatic ring is 1. The van der Waals surface area contributed by atoms with Gasteiger partial charge < -0.3 is 11.5 Å². The standard InChI is InChI=1S/C10H16N2.2ClH/c1-2-3-10(12)8-4-6-9(11)7-5-8;;/h4-7,10H,2-3,11-12H2,1H3;2*1H/t10-;;/m0../s1. The number of rotatable bonds is 3. The number of hydrogen-bond acceptors (Lipinski definition) is 2. The number of nitrogens with two attached hydrogens (primary N) is 2. The second-order valence-corrected chi connectivity index (χ2v) is 3.06. The van der Waals surface area contributed by atoms with Gasteiger partial charge in [0.15, 0.2) is 0 Å². The Morgan fingerprint density at radius 1 is 1.14 bits per heavy atom. The maximum atomic E-state index is 5.91. The highest BCUT2D eigenvalue weighted by Crippen LogP contribution is 2.16.